The van der Waals surface area contributed by atoms with Crippen LogP contribution in [-0.4, -0.2) is 27.0 Å². The molecule has 0 aromatic heterocycles. The minimum absolute atomic E-state index is 0.119. The van der Waals surface area contributed by atoms with Gasteiger partial charge in [0.05, 0.1) is 4.90 Å². The number of carbonyl (C=O) groups excluding carboxylic acids is 1. The molecule has 1 amide bonds. The van der Waals surface area contributed by atoms with Gasteiger partial charge in [-0.05, 0) is 61.7 Å². The first-order chi connectivity index (χ1) is 12.7. The average Bonchev–Trinajstić information content (AvgIpc) is 2.59. The third kappa shape index (κ3) is 6.29. The van der Waals surface area contributed by atoms with Gasteiger partial charge in [0.1, 0.15) is 5.75 Å². The third-order valence-corrected chi connectivity index (χ3v) is 5.17. The van der Waals surface area contributed by atoms with Crippen LogP contribution >= 0.6 is 0 Å². The predicted molar refractivity (Wildman–Crippen MR) is 106 cm³/mol. The lowest BCUT2D eigenvalue weighted by Gasteiger charge is -2.16. The summed E-state index contributed by atoms with van der Waals surface area (Å²) in [6.07, 6.45) is -0.670. The number of anilines is 1. The molecule has 0 unspecified atom stereocenters. The third-order valence-electron chi connectivity index (χ3n) is 3.77. The molecule has 0 spiro atoms. The Hall–Kier alpha value is -2.54. The standard InChI is InChI=1S/C20H26N2O4S/c1-14(2)13-21-20(23)16(4)26-18-8-10-19(11-9-18)27(24,25)22-17-7-5-6-15(3)12-17/h5-12,14,16,22H,13H2,1-4H3,(H,21,23)/t16-/m0/s1. The molecule has 2 rings (SSSR count). The smallest absolute Gasteiger partial charge is 0.261 e. The first kappa shape index (κ1) is 20.8. The summed E-state index contributed by atoms with van der Waals surface area (Å²) >= 11 is 0. The molecule has 0 bridgehead atoms. The number of rotatable bonds is 8. The zero-order chi connectivity index (χ0) is 20.0. The van der Waals surface area contributed by atoms with E-state index in [4.69, 9.17) is 4.74 Å². The highest BCUT2D eigenvalue weighted by Gasteiger charge is 2.17. The topological polar surface area (TPSA) is 84.5 Å². The Morgan fingerprint density at radius 2 is 1.74 bits per heavy atom. The Kier molecular flexibility index (Phi) is 6.85. The van der Waals surface area contributed by atoms with Crippen LogP contribution in [0.25, 0.3) is 0 Å². The molecule has 0 fully saturated rings. The molecule has 0 saturated heterocycles. The number of hydrogen-bond donors (Lipinski definition) is 2. The summed E-state index contributed by atoms with van der Waals surface area (Å²) in [5, 5.41) is 2.80. The molecule has 0 radical (unpaired) electrons. The van der Waals surface area contributed by atoms with E-state index in [-0.39, 0.29) is 10.8 Å². The highest BCUT2D eigenvalue weighted by atomic mass is 32.2. The highest BCUT2D eigenvalue weighted by molar-refractivity contribution is 7.92. The van der Waals surface area contributed by atoms with E-state index < -0.39 is 16.1 Å². The Morgan fingerprint density at radius 1 is 1.07 bits per heavy atom. The van der Waals surface area contributed by atoms with Crippen molar-refractivity contribution >= 4 is 21.6 Å². The maximum atomic E-state index is 12.5. The van der Waals surface area contributed by atoms with Crippen LogP contribution in [0.1, 0.15) is 26.3 Å². The van der Waals surface area contributed by atoms with Crippen LogP contribution in [0.3, 0.4) is 0 Å². The summed E-state index contributed by atoms with van der Waals surface area (Å²) in [5.41, 5.74) is 1.47. The fourth-order valence-corrected chi connectivity index (χ4v) is 3.38. The van der Waals surface area contributed by atoms with Gasteiger partial charge in [0.25, 0.3) is 15.9 Å². The Morgan fingerprint density at radius 3 is 2.33 bits per heavy atom. The van der Waals surface area contributed by atoms with E-state index in [9.17, 15) is 13.2 Å². The van der Waals surface area contributed by atoms with Crippen LogP contribution in [0, 0.1) is 12.8 Å². The van der Waals surface area contributed by atoms with E-state index >= 15 is 0 Å². The van der Waals surface area contributed by atoms with Crippen molar-refractivity contribution in [2.75, 3.05) is 11.3 Å². The molecule has 1 atom stereocenters. The fraction of sp³-hybridized carbons (Fsp3) is 0.350. The number of benzene rings is 2. The molecular weight excluding hydrogens is 364 g/mol. The maximum Gasteiger partial charge on any atom is 0.261 e. The highest BCUT2D eigenvalue weighted by Crippen LogP contribution is 2.20. The summed E-state index contributed by atoms with van der Waals surface area (Å²) in [5.74, 6) is 0.574. The van der Waals surface area contributed by atoms with Crippen molar-refractivity contribution in [3.8, 4) is 5.75 Å². The molecule has 146 valence electrons. The number of hydrogen-bond acceptors (Lipinski definition) is 4. The van der Waals surface area contributed by atoms with Gasteiger partial charge in [-0.25, -0.2) is 8.42 Å². The first-order valence-corrected chi connectivity index (χ1v) is 10.3. The molecule has 2 aromatic carbocycles. The Bertz CT molecular complexity index is 877. The van der Waals surface area contributed by atoms with Crippen LogP contribution in [0.15, 0.2) is 53.4 Å². The monoisotopic (exact) mass is 390 g/mol. The van der Waals surface area contributed by atoms with Crippen molar-refractivity contribution in [1.29, 1.82) is 0 Å². The van der Waals surface area contributed by atoms with Gasteiger partial charge in [0.2, 0.25) is 0 Å². The lowest BCUT2D eigenvalue weighted by atomic mass is 10.2. The van der Waals surface area contributed by atoms with Crippen LogP contribution in [0.5, 0.6) is 5.75 Å². The maximum absolute atomic E-state index is 12.5. The SMILES string of the molecule is Cc1cccc(NS(=O)(=O)c2ccc(O[C@@H](C)C(=O)NCC(C)C)cc2)c1. The van der Waals surface area contributed by atoms with Crippen LogP contribution in [0.2, 0.25) is 0 Å². The second-order valence-corrected chi connectivity index (χ2v) is 8.53. The first-order valence-electron chi connectivity index (χ1n) is 8.81. The lowest BCUT2D eigenvalue weighted by molar-refractivity contribution is -0.127. The lowest BCUT2D eigenvalue weighted by Crippen LogP contribution is -2.38. The zero-order valence-corrected chi connectivity index (χ0v) is 16.8. The average molecular weight is 391 g/mol. The second-order valence-electron chi connectivity index (χ2n) is 6.85. The molecule has 0 aliphatic carbocycles. The second kappa shape index (κ2) is 8.90. The molecule has 0 aliphatic rings. The van der Waals surface area contributed by atoms with Crippen molar-refractivity contribution in [3.63, 3.8) is 0 Å². The molecule has 0 aliphatic heterocycles. The molecule has 2 aromatic rings. The van der Waals surface area contributed by atoms with Crippen molar-refractivity contribution in [2.24, 2.45) is 5.92 Å². The van der Waals surface area contributed by atoms with Crippen LogP contribution in [-0.2, 0) is 14.8 Å². The van der Waals surface area contributed by atoms with E-state index in [2.05, 4.69) is 10.0 Å². The zero-order valence-electron chi connectivity index (χ0n) is 16.0. The van der Waals surface area contributed by atoms with E-state index in [1.54, 1.807) is 25.1 Å². The van der Waals surface area contributed by atoms with E-state index in [1.807, 2.05) is 26.8 Å². The van der Waals surface area contributed by atoms with Gasteiger partial charge >= 0.3 is 0 Å². The van der Waals surface area contributed by atoms with Crippen molar-refractivity contribution in [3.05, 3.63) is 54.1 Å². The number of aryl methyl sites for hydroxylation is 1. The molecule has 0 heterocycles. The van der Waals surface area contributed by atoms with Gasteiger partial charge in [-0.3, -0.25) is 9.52 Å². The van der Waals surface area contributed by atoms with Gasteiger partial charge in [-0.2, -0.15) is 0 Å². The van der Waals surface area contributed by atoms with Gasteiger partial charge in [-0.1, -0.05) is 26.0 Å². The minimum atomic E-state index is -3.69. The van der Waals surface area contributed by atoms with E-state index in [0.29, 0.717) is 23.9 Å². The molecule has 0 saturated carbocycles. The van der Waals surface area contributed by atoms with Gasteiger partial charge in [0.15, 0.2) is 6.10 Å². The normalized spacial score (nSPS) is 12.5. The van der Waals surface area contributed by atoms with Crippen molar-refractivity contribution in [1.82, 2.24) is 5.32 Å². The quantitative estimate of drug-likeness (QED) is 0.724. The van der Waals surface area contributed by atoms with E-state index in [1.165, 1.54) is 24.3 Å². The van der Waals surface area contributed by atoms with Crippen LogP contribution in [0.4, 0.5) is 5.69 Å². The van der Waals surface area contributed by atoms with E-state index in [0.717, 1.165) is 5.56 Å². The van der Waals surface area contributed by atoms with Crippen LogP contribution < -0.4 is 14.8 Å². The fourth-order valence-electron chi connectivity index (χ4n) is 2.33. The Labute approximate surface area is 161 Å². The van der Waals surface area contributed by atoms with Crippen molar-refractivity contribution in [2.45, 2.75) is 38.7 Å². The van der Waals surface area contributed by atoms with Gasteiger partial charge in [0, 0.05) is 12.2 Å². The van der Waals surface area contributed by atoms with Gasteiger partial charge < -0.3 is 10.1 Å². The molecular formula is C20H26N2O4S. The summed E-state index contributed by atoms with van der Waals surface area (Å²) in [6.45, 7) is 8.14. The molecule has 27 heavy (non-hydrogen) atoms. The molecule has 2 N–H and O–H groups in total. The number of sulfonamides is 1. The summed E-state index contributed by atoms with van der Waals surface area (Å²) < 4.78 is 33.1. The molecule has 7 heteroatoms. The minimum Gasteiger partial charge on any atom is -0.481 e. The predicted octanol–water partition coefficient (Wildman–Crippen LogP) is 3.34. The van der Waals surface area contributed by atoms with Gasteiger partial charge in [-0.15, -0.1) is 0 Å². The number of carbonyl (C=O) groups is 1. The summed E-state index contributed by atoms with van der Waals surface area (Å²) in [7, 11) is -3.69. The largest absolute Gasteiger partial charge is 0.481 e. The number of ether oxygens (including phenoxy) is 1. The Balaban J connectivity index is 2.02. The summed E-state index contributed by atoms with van der Waals surface area (Å²) in [4.78, 5) is 12.1. The number of amides is 1. The van der Waals surface area contributed by atoms with Crippen molar-refractivity contribution < 1.29 is 17.9 Å². The summed E-state index contributed by atoms with van der Waals surface area (Å²) in [6, 6.07) is 13.1. The number of nitrogens with one attached hydrogen (secondary N) is 2. The molecule has 6 nitrogen and oxygen atoms in total.